The summed E-state index contributed by atoms with van der Waals surface area (Å²) >= 11 is 0. The van der Waals surface area contributed by atoms with Crippen LogP contribution in [0.5, 0.6) is 0 Å². The van der Waals surface area contributed by atoms with Gasteiger partial charge in [-0.1, -0.05) is 0 Å². The molecule has 0 saturated carbocycles. The van der Waals surface area contributed by atoms with Gasteiger partial charge in [-0.15, -0.1) is 0 Å². The van der Waals surface area contributed by atoms with E-state index in [1.807, 2.05) is 0 Å². The Hall–Kier alpha value is -1.64. The van der Waals surface area contributed by atoms with Crippen LogP contribution in [0.1, 0.15) is 28.8 Å². The van der Waals surface area contributed by atoms with Crippen molar-refractivity contribution in [2.75, 3.05) is 0 Å². The quantitative estimate of drug-likeness (QED) is 0.678. The van der Waals surface area contributed by atoms with Crippen LogP contribution < -0.4 is 0 Å². The fourth-order valence-corrected chi connectivity index (χ4v) is 0.985. The number of hydrogen-bond acceptors (Lipinski definition) is 5. The Labute approximate surface area is 80.2 Å². The van der Waals surface area contributed by atoms with E-state index in [1.54, 1.807) is 6.07 Å². The number of carbonyl (C=O) groups excluding carboxylic acids is 1. The molecule has 2 atom stereocenters. The molecule has 0 saturated heterocycles. The van der Waals surface area contributed by atoms with Gasteiger partial charge in [-0.25, -0.2) is 0 Å². The molecule has 5 heteroatoms. The Morgan fingerprint density at radius 3 is 2.79 bits per heavy atom. The van der Waals surface area contributed by atoms with E-state index >= 15 is 0 Å². The zero-order chi connectivity index (χ0) is 10.6. The predicted octanol–water partition coefficient (Wildman–Crippen LogP) is 0.400. The van der Waals surface area contributed by atoms with Crippen molar-refractivity contribution in [3.8, 4) is 6.07 Å². The average molecular weight is 195 g/mol. The van der Waals surface area contributed by atoms with Crippen LogP contribution in [0.3, 0.4) is 0 Å². The maximum Gasteiger partial charge on any atom is 0.185 e. The molecule has 0 aliphatic heterocycles. The predicted molar refractivity (Wildman–Crippen MR) is 45.3 cm³/mol. The number of rotatable bonds is 4. The molecule has 2 unspecified atom stereocenters. The topological polar surface area (TPSA) is 94.5 Å². The summed E-state index contributed by atoms with van der Waals surface area (Å²) in [7, 11) is 0. The molecular formula is C9H9NO4. The zero-order valence-electron chi connectivity index (χ0n) is 7.25. The first-order chi connectivity index (χ1) is 6.69. The van der Waals surface area contributed by atoms with Gasteiger partial charge in [0.05, 0.1) is 12.5 Å². The number of aliphatic hydroxyl groups excluding tert-OH is 2. The first kappa shape index (κ1) is 10.4. The highest BCUT2D eigenvalue weighted by Gasteiger charge is 2.21. The van der Waals surface area contributed by atoms with Crippen molar-refractivity contribution in [1.29, 1.82) is 5.26 Å². The van der Waals surface area contributed by atoms with Gasteiger partial charge in [-0.3, -0.25) is 4.79 Å². The maximum absolute atomic E-state index is 10.2. The Balaban J connectivity index is 2.73. The molecule has 0 radical (unpaired) electrons. The zero-order valence-corrected chi connectivity index (χ0v) is 7.25. The van der Waals surface area contributed by atoms with E-state index in [0.29, 0.717) is 6.29 Å². The molecule has 0 spiro atoms. The molecule has 0 amide bonds. The van der Waals surface area contributed by atoms with Gasteiger partial charge in [-0.05, 0) is 12.1 Å². The van der Waals surface area contributed by atoms with Crippen LogP contribution in [-0.2, 0) is 0 Å². The summed E-state index contributed by atoms with van der Waals surface area (Å²) in [6.07, 6.45) is -2.18. The van der Waals surface area contributed by atoms with Gasteiger partial charge in [0.2, 0.25) is 0 Å². The van der Waals surface area contributed by atoms with Crippen LogP contribution in [0, 0.1) is 11.3 Å². The third-order valence-corrected chi connectivity index (χ3v) is 1.72. The number of nitriles is 1. The molecule has 74 valence electrons. The Kier molecular flexibility index (Phi) is 3.40. The van der Waals surface area contributed by atoms with Gasteiger partial charge in [0.1, 0.15) is 18.0 Å². The third-order valence-electron chi connectivity index (χ3n) is 1.72. The van der Waals surface area contributed by atoms with Gasteiger partial charge < -0.3 is 14.6 Å². The van der Waals surface area contributed by atoms with Crippen LogP contribution in [0.25, 0.3) is 0 Å². The molecule has 1 rings (SSSR count). The molecular weight excluding hydrogens is 186 g/mol. The van der Waals surface area contributed by atoms with Crippen molar-refractivity contribution < 1.29 is 19.4 Å². The largest absolute Gasteiger partial charge is 0.455 e. The van der Waals surface area contributed by atoms with Crippen LogP contribution in [0.15, 0.2) is 16.5 Å². The van der Waals surface area contributed by atoms with Gasteiger partial charge in [0, 0.05) is 0 Å². The highest BCUT2D eigenvalue weighted by molar-refractivity contribution is 5.70. The normalized spacial score (nSPS) is 14.4. The van der Waals surface area contributed by atoms with Crippen molar-refractivity contribution in [2.45, 2.75) is 18.6 Å². The summed E-state index contributed by atoms with van der Waals surface area (Å²) in [5.41, 5.74) is 0. The van der Waals surface area contributed by atoms with Crippen molar-refractivity contribution in [3.05, 3.63) is 23.7 Å². The summed E-state index contributed by atoms with van der Waals surface area (Å²) < 4.78 is 4.87. The molecule has 14 heavy (non-hydrogen) atoms. The van der Waals surface area contributed by atoms with Gasteiger partial charge in [-0.2, -0.15) is 5.26 Å². The van der Waals surface area contributed by atoms with Crippen molar-refractivity contribution in [2.24, 2.45) is 0 Å². The molecule has 0 bridgehead atoms. The second-order valence-corrected chi connectivity index (χ2v) is 2.73. The summed E-state index contributed by atoms with van der Waals surface area (Å²) in [5, 5.41) is 26.9. The lowest BCUT2D eigenvalue weighted by Crippen LogP contribution is -2.16. The van der Waals surface area contributed by atoms with E-state index in [9.17, 15) is 15.0 Å². The standard InChI is InChI=1S/C9H9NO4/c10-4-3-7(12)9(13)8-2-1-6(5-11)14-8/h1-2,5,7,9,12-13H,3H2. The second-order valence-electron chi connectivity index (χ2n) is 2.73. The number of aliphatic hydroxyl groups is 2. The minimum absolute atomic E-state index is 0.0724. The van der Waals surface area contributed by atoms with Gasteiger partial charge >= 0.3 is 0 Å². The van der Waals surface area contributed by atoms with Crippen LogP contribution in [0.4, 0.5) is 0 Å². The summed E-state index contributed by atoms with van der Waals surface area (Å²) in [6, 6.07) is 4.48. The minimum atomic E-state index is -1.27. The fraction of sp³-hybridized carbons (Fsp3) is 0.333. The van der Waals surface area contributed by atoms with E-state index in [2.05, 4.69) is 0 Å². The molecule has 0 aliphatic carbocycles. The molecule has 5 nitrogen and oxygen atoms in total. The molecule has 0 aromatic carbocycles. The molecule has 1 heterocycles. The van der Waals surface area contributed by atoms with Crippen LogP contribution >= 0.6 is 0 Å². The number of nitrogens with zero attached hydrogens (tertiary/aromatic N) is 1. The van der Waals surface area contributed by atoms with E-state index in [1.165, 1.54) is 12.1 Å². The van der Waals surface area contributed by atoms with E-state index < -0.39 is 12.2 Å². The van der Waals surface area contributed by atoms with Crippen LogP contribution in [0.2, 0.25) is 0 Å². The minimum Gasteiger partial charge on any atom is -0.455 e. The lowest BCUT2D eigenvalue weighted by atomic mass is 10.1. The van der Waals surface area contributed by atoms with Crippen LogP contribution in [-0.4, -0.2) is 22.6 Å². The van der Waals surface area contributed by atoms with Crippen molar-refractivity contribution in [1.82, 2.24) is 0 Å². The van der Waals surface area contributed by atoms with Crippen molar-refractivity contribution in [3.63, 3.8) is 0 Å². The fourth-order valence-electron chi connectivity index (χ4n) is 0.985. The number of furan rings is 1. The lowest BCUT2D eigenvalue weighted by molar-refractivity contribution is 0.00820. The summed E-state index contributed by atoms with van der Waals surface area (Å²) in [4.78, 5) is 10.2. The smallest absolute Gasteiger partial charge is 0.185 e. The second kappa shape index (κ2) is 4.56. The van der Waals surface area contributed by atoms with E-state index in [0.717, 1.165) is 0 Å². The molecule has 1 aromatic rings. The average Bonchev–Trinajstić information content (AvgIpc) is 2.65. The lowest BCUT2D eigenvalue weighted by Gasteiger charge is -2.11. The summed E-state index contributed by atoms with van der Waals surface area (Å²) in [5.74, 6) is 0.151. The monoisotopic (exact) mass is 195 g/mol. The summed E-state index contributed by atoms with van der Waals surface area (Å²) in [6.45, 7) is 0. The number of aldehydes is 1. The van der Waals surface area contributed by atoms with Gasteiger partial charge in [0.25, 0.3) is 0 Å². The molecule has 1 aromatic heterocycles. The Morgan fingerprint density at radius 1 is 1.57 bits per heavy atom. The molecule has 2 N–H and O–H groups in total. The third kappa shape index (κ3) is 2.19. The first-order valence-electron chi connectivity index (χ1n) is 3.97. The number of hydrogen-bond donors (Lipinski definition) is 2. The molecule has 0 aliphatic rings. The van der Waals surface area contributed by atoms with Gasteiger partial charge in [0.15, 0.2) is 12.0 Å². The highest BCUT2D eigenvalue weighted by Crippen LogP contribution is 2.20. The molecule has 0 fully saturated rings. The maximum atomic E-state index is 10.2. The first-order valence-corrected chi connectivity index (χ1v) is 3.97. The van der Waals surface area contributed by atoms with Crippen molar-refractivity contribution >= 4 is 6.29 Å². The number of carbonyl (C=O) groups is 1. The SMILES string of the molecule is N#CCC(O)C(O)c1ccc(C=O)o1. The highest BCUT2D eigenvalue weighted by atomic mass is 16.4. The van der Waals surface area contributed by atoms with E-state index in [4.69, 9.17) is 9.68 Å². The Morgan fingerprint density at radius 2 is 2.29 bits per heavy atom. The van der Waals surface area contributed by atoms with E-state index in [-0.39, 0.29) is 17.9 Å². The Bertz CT molecular complexity index is 352.